The van der Waals surface area contributed by atoms with E-state index in [4.69, 9.17) is 4.74 Å². The molecule has 1 rings (SSSR count). The molecule has 0 heterocycles. The molecule has 1 amide bonds. The molecule has 0 saturated carbocycles. The molecule has 2 N–H and O–H groups in total. The zero-order chi connectivity index (χ0) is 14.4. The molecule has 1 atom stereocenters. The number of amides is 1. The smallest absolute Gasteiger partial charge is 0.230 e. The standard InChI is InChI=1S/C15H23NO3/c1-5-11-6-7-14(19-4)13(8-11)16-15(18)12(9-17)10(2)3/h6-8,10,12,17H,5,9H2,1-4H3,(H,16,18). The number of carbonyl (C=O) groups is 1. The lowest BCUT2D eigenvalue weighted by Crippen LogP contribution is -2.29. The Morgan fingerprint density at radius 3 is 2.58 bits per heavy atom. The summed E-state index contributed by atoms with van der Waals surface area (Å²) >= 11 is 0. The van der Waals surface area contributed by atoms with Crippen molar-refractivity contribution in [2.24, 2.45) is 11.8 Å². The van der Waals surface area contributed by atoms with Crippen molar-refractivity contribution in [1.29, 1.82) is 0 Å². The fourth-order valence-electron chi connectivity index (χ4n) is 1.89. The van der Waals surface area contributed by atoms with Crippen molar-refractivity contribution in [2.45, 2.75) is 27.2 Å². The molecule has 0 saturated heterocycles. The van der Waals surface area contributed by atoms with E-state index in [-0.39, 0.29) is 18.4 Å². The van der Waals surface area contributed by atoms with Gasteiger partial charge in [-0.25, -0.2) is 0 Å². The number of aryl methyl sites for hydroxylation is 1. The number of aliphatic hydroxyl groups excluding tert-OH is 1. The Balaban J connectivity index is 2.94. The third kappa shape index (κ3) is 3.96. The number of aliphatic hydroxyl groups is 1. The summed E-state index contributed by atoms with van der Waals surface area (Å²) in [4.78, 5) is 12.1. The predicted molar refractivity (Wildman–Crippen MR) is 76.4 cm³/mol. The van der Waals surface area contributed by atoms with Crippen LogP contribution in [-0.4, -0.2) is 24.7 Å². The summed E-state index contributed by atoms with van der Waals surface area (Å²) in [6.07, 6.45) is 0.889. The first-order valence-electron chi connectivity index (χ1n) is 6.62. The van der Waals surface area contributed by atoms with Crippen molar-refractivity contribution in [3.63, 3.8) is 0 Å². The highest BCUT2D eigenvalue weighted by Crippen LogP contribution is 2.26. The van der Waals surface area contributed by atoms with Crippen LogP contribution in [0.4, 0.5) is 5.69 Å². The number of methoxy groups -OCH3 is 1. The average Bonchev–Trinajstić information content (AvgIpc) is 2.38. The van der Waals surface area contributed by atoms with Crippen LogP contribution in [0.2, 0.25) is 0 Å². The zero-order valence-electron chi connectivity index (χ0n) is 12.1. The first kappa shape index (κ1) is 15.5. The van der Waals surface area contributed by atoms with Crippen LogP contribution in [-0.2, 0) is 11.2 Å². The quantitative estimate of drug-likeness (QED) is 0.830. The zero-order valence-corrected chi connectivity index (χ0v) is 12.1. The summed E-state index contributed by atoms with van der Waals surface area (Å²) in [5.74, 6) is 0.135. The molecule has 106 valence electrons. The van der Waals surface area contributed by atoms with E-state index in [0.29, 0.717) is 11.4 Å². The van der Waals surface area contributed by atoms with Crippen molar-refractivity contribution in [3.8, 4) is 5.75 Å². The third-order valence-corrected chi connectivity index (χ3v) is 3.27. The minimum atomic E-state index is -0.407. The second-order valence-electron chi connectivity index (χ2n) is 4.91. The predicted octanol–water partition coefficient (Wildman–Crippen LogP) is 2.46. The van der Waals surface area contributed by atoms with E-state index in [1.807, 2.05) is 32.0 Å². The molecule has 0 radical (unpaired) electrons. The molecule has 0 aromatic heterocycles. The van der Waals surface area contributed by atoms with Gasteiger partial charge >= 0.3 is 0 Å². The summed E-state index contributed by atoms with van der Waals surface area (Å²) in [6, 6.07) is 5.73. The van der Waals surface area contributed by atoms with Gasteiger partial charge < -0.3 is 15.2 Å². The topological polar surface area (TPSA) is 58.6 Å². The molecular formula is C15H23NO3. The molecule has 0 aliphatic rings. The summed E-state index contributed by atoms with van der Waals surface area (Å²) in [5.41, 5.74) is 1.78. The second-order valence-corrected chi connectivity index (χ2v) is 4.91. The van der Waals surface area contributed by atoms with Crippen molar-refractivity contribution < 1.29 is 14.6 Å². The molecule has 1 aromatic rings. The van der Waals surface area contributed by atoms with Crippen LogP contribution in [0.1, 0.15) is 26.3 Å². The first-order chi connectivity index (χ1) is 9.03. The van der Waals surface area contributed by atoms with Crippen LogP contribution >= 0.6 is 0 Å². The van der Waals surface area contributed by atoms with Gasteiger partial charge in [0.2, 0.25) is 5.91 Å². The van der Waals surface area contributed by atoms with E-state index < -0.39 is 5.92 Å². The normalized spacial score (nSPS) is 12.3. The van der Waals surface area contributed by atoms with Crippen molar-refractivity contribution in [3.05, 3.63) is 23.8 Å². The minimum Gasteiger partial charge on any atom is -0.495 e. The highest BCUT2D eigenvalue weighted by molar-refractivity contribution is 5.94. The largest absolute Gasteiger partial charge is 0.495 e. The van der Waals surface area contributed by atoms with Crippen molar-refractivity contribution >= 4 is 11.6 Å². The van der Waals surface area contributed by atoms with Gasteiger partial charge in [-0.1, -0.05) is 26.8 Å². The molecule has 4 heteroatoms. The number of nitrogens with one attached hydrogen (secondary N) is 1. The molecule has 0 aliphatic heterocycles. The van der Waals surface area contributed by atoms with Gasteiger partial charge in [-0.3, -0.25) is 4.79 Å². The van der Waals surface area contributed by atoms with Crippen LogP contribution in [0.25, 0.3) is 0 Å². The molecule has 1 aromatic carbocycles. The van der Waals surface area contributed by atoms with Gasteiger partial charge in [0.05, 0.1) is 25.3 Å². The summed E-state index contributed by atoms with van der Waals surface area (Å²) in [7, 11) is 1.57. The van der Waals surface area contributed by atoms with Gasteiger partial charge in [0, 0.05) is 0 Å². The van der Waals surface area contributed by atoms with Crippen LogP contribution in [0.15, 0.2) is 18.2 Å². The number of hydrogen-bond acceptors (Lipinski definition) is 3. The fourth-order valence-corrected chi connectivity index (χ4v) is 1.89. The molecule has 4 nitrogen and oxygen atoms in total. The Morgan fingerprint density at radius 2 is 2.11 bits per heavy atom. The number of ether oxygens (including phenoxy) is 1. The maximum absolute atomic E-state index is 12.1. The van der Waals surface area contributed by atoms with Crippen molar-refractivity contribution in [2.75, 3.05) is 19.0 Å². The summed E-state index contributed by atoms with van der Waals surface area (Å²) in [5, 5.41) is 12.1. The maximum atomic E-state index is 12.1. The number of benzene rings is 1. The molecule has 0 aliphatic carbocycles. The molecule has 0 spiro atoms. The lowest BCUT2D eigenvalue weighted by Gasteiger charge is -2.19. The van der Waals surface area contributed by atoms with Gasteiger partial charge in [0.1, 0.15) is 5.75 Å². The lowest BCUT2D eigenvalue weighted by molar-refractivity contribution is -0.122. The van der Waals surface area contributed by atoms with E-state index in [9.17, 15) is 9.90 Å². The Hall–Kier alpha value is -1.55. The molecule has 1 unspecified atom stereocenters. The van der Waals surface area contributed by atoms with Crippen LogP contribution in [0.3, 0.4) is 0 Å². The molecular weight excluding hydrogens is 242 g/mol. The maximum Gasteiger partial charge on any atom is 0.230 e. The monoisotopic (exact) mass is 265 g/mol. The first-order valence-corrected chi connectivity index (χ1v) is 6.62. The van der Waals surface area contributed by atoms with Gasteiger partial charge in [-0.05, 0) is 30.0 Å². The van der Waals surface area contributed by atoms with E-state index in [2.05, 4.69) is 12.2 Å². The Labute approximate surface area is 114 Å². The third-order valence-electron chi connectivity index (χ3n) is 3.27. The fraction of sp³-hybridized carbons (Fsp3) is 0.533. The van der Waals surface area contributed by atoms with E-state index in [0.717, 1.165) is 12.0 Å². The SMILES string of the molecule is CCc1ccc(OC)c(NC(=O)C(CO)C(C)C)c1. The van der Waals surface area contributed by atoms with Crippen LogP contribution in [0.5, 0.6) is 5.75 Å². The van der Waals surface area contributed by atoms with Crippen LogP contribution in [0, 0.1) is 11.8 Å². The summed E-state index contributed by atoms with van der Waals surface area (Å²) < 4.78 is 5.24. The number of rotatable bonds is 6. The highest BCUT2D eigenvalue weighted by Gasteiger charge is 2.22. The van der Waals surface area contributed by atoms with Gasteiger partial charge in [-0.15, -0.1) is 0 Å². The van der Waals surface area contributed by atoms with E-state index in [1.165, 1.54) is 0 Å². The van der Waals surface area contributed by atoms with Gasteiger partial charge in [0.15, 0.2) is 0 Å². The van der Waals surface area contributed by atoms with Gasteiger partial charge in [-0.2, -0.15) is 0 Å². The number of carbonyl (C=O) groups excluding carboxylic acids is 1. The summed E-state index contributed by atoms with van der Waals surface area (Å²) in [6.45, 7) is 5.73. The highest BCUT2D eigenvalue weighted by atomic mass is 16.5. The Kier molecular flexibility index (Phi) is 5.83. The second kappa shape index (κ2) is 7.14. The Morgan fingerprint density at radius 1 is 1.42 bits per heavy atom. The molecule has 0 bridgehead atoms. The number of hydrogen-bond donors (Lipinski definition) is 2. The van der Waals surface area contributed by atoms with Crippen LogP contribution < -0.4 is 10.1 Å². The van der Waals surface area contributed by atoms with E-state index >= 15 is 0 Å². The van der Waals surface area contributed by atoms with E-state index in [1.54, 1.807) is 7.11 Å². The number of anilines is 1. The molecule has 19 heavy (non-hydrogen) atoms. The van der Waals surface area contributed by atoms with Gasteiger partial charge in [0.25, 0.3) is 0 Å². The lowest BCUT2D eigenvalue weighted by atomic mass is 9.96. The molecule has 0 fully saturated rings. The average molecular weight is 265 g/mol. The minimum absolute atomic E-state index is 0.0883. The Bertz CT molecular complexity index is 429. The van der Waals surface area contributed by atoms with Crippen molar-refractivity contribution in [1.82, 2.24) is 0 Å².